The number of hydrogen-bond donors (Lipinski definition) is 1. The minimum atomic E-state index is -4.06. The first-order chi connectivity index (χ1) is 14.7. The summed E-state index contributed by atoms with van der Waals surface area (Å²) < 4.78 is 41.4. The number of benzene rings is 2. The van der Waals surface area contributed by atoms with Gasteiger partial charge in [0.05, 0.1) is 16.7 Å². The molecule has 1 atom stereocenters. The largest absolute Gasteiger partial charge is 0.336 e. The molecule has 0 aromatic heterocycles. The number of nitriles is 1. The molecule has 0 aliphatic carbocycles. The molecule has 9 heteroatoms. The molecule has 1 N–H and O–H groups in total. The number of carbonyl (C=O) groups is 1. The van der Waals surface area contributed by atoms with Gasteiger partial charge in [0.15, 0.2) is 0 Å². The van der Waals surface area contributed by atoms with Crippen molar-refractivity contribution in [1.82, 2.24) is 9.80 Å². The van der Waals surface area contributed by atoms with Crippen molar-refractivity contribution in [1.29, 1.82) is 5.26 Å². The number of nitrogens with one attached hydrogen (secondary N) is 1. The molecule has 0 spiro atoms. The fourth-order valence-corrected chi connectivity index (χ4v) is 4.69. The Bertz CT molecular complexity index is 1090. The van der Waals surface area contributed by atoms with Gasteiger partial charge in [0.2, 0.25) is 0 Å². The van der Waals surface area contributed by atoms with Crippen molar-refractivity contribution in [2.45, 2.75) is 24.8 Å². The third-order valence-electron chi connectivity index (χ3n) is 5.27. The fourth-order valence-electron chi connectivity index (χ4n) is 3.58. The van der Waals surface area contributed by atoms with E-state index in [0.717, 1.165) is 6.07 Å². The summed E-state index contributed by atoms with van der Waals surface area (Å²) in [7, 11) is -4.06. The Morgan fingerprint density at radius 3 is 2.39 bits per heavy atom. The summed E-state index contributed by atoms with van der Waals surface area (Å²) in [6.07, 6.45) is 0. The highest BCUT2D eigenvalue weighted by Gasteiger charge is 2.28. The first-order valence-corrected chi connectivity index (χ1v) is 11.5. The minimum absolute atomic E-state index is 0.121. The monoisotopic (exact) mass is 444 g/mol. The van der Waals surface area contributed by atoms with Crippen LogP contribution in [0.4, 0.5) is 10.1 Å². The lowest BCUT2D eigenvalue weighted by molar-refractivity contribution is 0.0576. The molecule has 2 aromatic rings. The van der Waals surface area contributed by atoms with Gasteiger partial charge in [0.25, 0.3) is 15.9 Å². The van der Waals surface area contributed by atoms with Crippen LogP contribution in [0.2, 0.25) is 0 Å². The van der Waals surface area contributed by atoms with Crippen LogP contribution in [0.3, 0.4) is 0 Å². The number of anilines is 1. The first kappa shape index (κ1) is 22.7. The van der Waals surface area contributed by atoms with Crippen LogP contribution in [0.1, 0.15) is 24.2 Å². The predicted octanol–water partition coefficient (Wildman–Crippen LogP) is 2.93. The highest BCUT2D eigenvalue weighted by molar-refractivity contribution is 7.92. The average molecular weight is 445 g/mol. The van der Waals surface area contributed by atoms with Crippen molar-refractivity contribution in [3.63, 3.8) is 0 Å². The number of hydrogen-bond acceptors (Lipinski definition) is 5. The summed E-state index contributed by atoms with van der Waals surface area (Å²) in [5.41, 5.74) is 0.0816. The lowest BCUT2D eigenvalue weighted by atomic mass is 10.0. The van der Waals surface area contributed by atoms with Gasteiger partial charge in [-0.2, -0.15) is 5.26 Å². The average Bonchev–Trinajstić information content (AvgIpc) is 2.75. The van der Waals surface area contributed by atoms with E-state index in [4.69, 9.17) is 0 Å². The normalized spacial score (nSPS) is 16.0. The summed E-state index contributed by atoms with van der Waals surface area (Å²) in [6.45, 7) is 6.05. The summed E-state index contributed by atoms with van der Waals surface area (Å²) in [5.74, 6) is -0.773. The molecule has 3 rings (SSSR count). The molecule has 164 valence electrons. The van der Waals surface area contributed by atoms with Gasteiger partial charge in [-0.3, -0.25) is 14.4 Å². The molecule has 0 saturated carbocycles. The second-order valence-corrected chi connectivity index (χ2v) is 9.44. The van der Waals surface area contributed by atoms with E-state index in [1.165, 1.54) is 36.4 Å². The molecule has 1 aliphatic rings. The predicted molar refractivity (Wildman–Crippen MR) is 115 cm³/mol. The number of sulfonamides is 1. The number of rotatable bonds is 6. The van der Waals surface area contributed by atoms with Crippen molar-refractivity contribution in [2.24, 2.45) is 5.92 Å². The Morgan fingerprint density at radius 2 is 1.77 bits per heavy atom. The molecule has 1 aliphatic heterocycles. The zero-order valence-electron chi connectivity index (χ0n) is 17.5. The van der Waals surface area contributed by atoms with Crippen LogP contribution in [0.25, 0.3) is 0 Å². The lowest BCUT2D eigenvalue weighted by Gasteiger charge is -2.38. The van der Waals surface area contributed by atoms with Crippen molar-refractivity contribution in [2.75, 3.05) is 30.9 Å². The van der Waals surface area contributed by atoms with E-state index in [-0.39, 0.29) is 34.0 Å². The maximum Gasteiger partial charge on any atom is 0.262 e. The summed E-state index contributed by atoms with van der Waals surface area (Å²) in [5, 5.41) is 9.37. The molecule has 1 saturated heterocycles. The molecule has 1 fully saturated rings. The Kier molecular flexibility index (Phi) is 6.93. The van der Waals surface area contributed by atoms with E-state index in [9.17, 15) is 22.9 Å². The molecule has 31 heavy (non-hydrogen) atoms. The number of halogens is 1. The van der Waals surface area contributed by atoms with Crippen molar-refractivity contribution in [3.8, 4) is 6.07 Å². The van der Waals surface area contributed by atoms with Gasteiger partial charge in [-0.1, -0.05) is 32.0 Å². The first-order valence-electron chi connectivity index (χ1n) is 10.0. The molecule has 1 heterocycles. The Balaban J connectivity index is 1.72. The maximum absolute atomic E-state index is 13.8. The lowest BCUT2D eigenvalue weighted by Crippen LogP contribution is -2.52. The third kappa shape index (κ3) is 5.21. The number of para-hydroxylation sites is 1. The van der Waals surface area contributed by atoms with Crippen LogP contribution in [0.15, 0.2) is 53.4 Å². The molecule has 2 aromatic carbocycles. The second kappa shape index (κ2) is 9.45. The van der Waals surface area contributed by atoms with Crippen molar-refractivity contribution < 1.29 is 17.6 Å². The van der Waals surface area contributed by atoms with E-state index >= 15 is 0 Å². The molecular weight excluding hydrogens is 419 g/mol. The summed E-state index contributed by atoms with van der Waals surface area (Å²) in [6, 6.07) is 13.3. The second-order valence-electron chi connectivity index (χ2n) is 7.76. The zero-order valence-corrected chi connectivity index (χ0v) is 18.3. The van der Waals surface area contributed by atoms with Gasteiger partial charge in [-0.25, -0.2) is 12.8 Å². The van der Waals surface area contributed by atoms with E-state index in [1.54, 1.807) is 11.0 Å². The van der Waals surface area contributed by atoms with Gasteiger partial charge in [0.1, 0.15) is 11.9 Å². The Labute approximate surface area is 182 Å². The van der Waals surface area contributed by atoms with Gasteiger partial charge >= 0.3 is 0 Å². The van der Waals surface area contributed by atoms with Crippen LogP contribution in [0, 0.1) is 23.1 Å². The molecule has 0 radical (unpaired) electrons. The van der Waals surface area contributed by atoms with Crippen LogP contribution >= 0.6 is 0 Å². The smallest absolute Gasteiger partial charge is 0.262 e. The third-order valence-corrected chi connectivity index (χ3v) is 6.63. The van der Waals surface area contributed by atoms with E-state index in [2.05, 4.69) is 15.7 Å². The van der Waals surface area contributed by atoms with Crippen LogP contribution < -0.4 is 4.72 Å². The van der Waals surface area contributed by atoms with Gasteiger partial charge in [-0.05, 0) is 36.2 Å². The van der Waals surface area contributed by atoms with Crippen molar-refractivity contribution in [3.05, 3.63) is 59.9 Å². The quantitative estimate of drug-likeness (QED) is 0.739. The van der Waals surface area contributed by atoms with Crippen molar-refractivity contribution >= 4 is 21.6 Å². The van der Waals surface area contributed by atoms with Gasteiger partial charge < -0.3 is 4.90 Å². The standard InChI is InChI=1S/C22H25FN4O3S/c1-16(2)21(15-24)26-10-12-27(13-11-26)22(28)17-6-5-7-18(14-17)31(29,30)25-20-9-4-3-8-19(20)23/h3-9,14,16,21,25H,10-13H2,1-2H3. The number of amides is 1. The molecule has 1 amide bonds. The fraction of sp³-hybridized carbons (Fsp3) is 0.364. The Morgan fingerprint density at radius 1 is 1.10 bits per heavy atom. The maximum atomic E-state index is 13.8. The SMILES string of the molecule is CC(C)C(C#N)N1CCN(C(=O)c2cccc(S(=O)(=O)Nc3ccccc3F)c2)CC1. The highest BCUT2D eigenvalue weighted by Crippen LogP contribution is 2.21. The van der Waals surface area contributed by atoms with Crippen LogP contribution in [0.5, 0.6) is 0 Å². The van der Waals surface area contributed by atoms with Gasteiger partial charge in [-0.15, -0.1) is 0 Å². The number of piperazine rings is 1. The van der Waals surface area contributed by atoms with E-state index < -0.39 is 15.8 Å². The molecule has 0 bridgehead atoms. The summed E-state index contributed by atoms with van der Waals surface area (Å²) in [4.78, 5) is 16.5. The van der Waals surface area contributed by atoms with Crippen LogP contribution in [-0.4, -0.2) is 56.3 Å². The highest BCUT2D eigenvalue weighted by atomic mass is 32.2. The summed E-state index contributed by atoms with van der Waals surface area (Å²) >= 11 is 0. The molecular formula is C22H25FN4O3S. The van der Waals surface area contributed by atoms with Gasteiger partial charge in [0, 0.05) is 31.7 Å². The molecule has 1 unspecified atom stereocenters. The number of nitrogens with zero attached hydrogens (tertiary/aromatic N) is 3. The molecule has 7 nitrogen and oxygen atoms in total. The van der Waals surface area contributed by atoms with E-state index in [0.29, 0.717) is 26.2 Å². The van der Waals surface area contributed by atoms with Crippen LogP contribution in [-0.2, 0) is 10.0 Å². The zero-order chi connectivity index (χ0) is 22.6. The minimum Gasteiger partial charge on any atom is -0.336 e. The van der Waals surface area contributed by atoms with E-state index in [1.807, 2.05) is 13.8 Å². The number of carbonyl (C=O) groups excluding carboxylic acids is 1. The Hall–Kier alpha value is -2.96. The topological polar surface area (TPSA) is 93.5 Å².